The predicted octanol–water partition coefficient (Wildman–Crippen LogP) is 2.41. The number of halogens is 1. The predicted molar refractivity (Wildman–Crippen MR) is 137 cm³/mol. The minimum atomic E-state index is -2.21. The standard InChI is InChI=1S/C27H21ClN4O5/c28-18-13-11-17(12-14-18)22(34)21-23(35)24(36)30(15-16-33)27(21)25(37)31(19-7-3-1-4-8-19)26(29)32(27)20-9-5-2-6-10-20/h1-14,29,33H,15-16H2,(H,34,35)/p+1. The molecule has 5 rings (SSSR count). The number of benzene rings is 3. The third-order valence-electron chi connectivity index (χ3n) is 6.40. The number of aliphatic hydroxyl groups is 2. The van der Waals surface area contributed by atoms with Gasteiger partial charge in [0.15, 0.2) is 0 Å². The summed E-state index contributed by atoms with van der Waals surface area (Å²) in [5, 5.41) is 21.7. The van der Waals surface area contributed by atoms with Crippen molar-refractivity contribution in [2.24, 2.45) is 5.73 Å². The van der Waals surface area contributed by atoms with Crippen LogP contribution in [0.5, 0.6) is 0 Å². The number of nitrogens with two attached hydrogens (primary N) is 1. The van der Waals surface area contributed by atoms with Crippen LogP contribution in [0.1, 0.15) is 5.56 Å². The average molecular weight is 518 g/mol. The molecule has 2 aliphatic rings. The molecule has 10 heteroatoms. The lowest BCUT2D eigenvalue weighted by Crippen LogP contribution is -2.59. The second-order valence-electron chi connectivity index (χ2n) is 8.42. The number of β-amino-alcohol motifs (C(OH)–C–C–N with tert-alkyl or cyclic N) is 1. The van der Waals surface area contributed by atoms with E-state index in [9.17, 15) is 24.6 Å². The van der Waals surface area contributed by atoms with Crippen LogP contribution >= 0.6 is 11.6 Å². The first kappa shape index (κ1) is 24.2. The lowest BCUT2D eigenvalue weighted by Gasteiger charge is -2.32. The van der Waals surface area contributed by atoms with E-state index >= 15 is 0 Å². The number of hydrogen-bond donors (Lipinski definition) is 3. The first-order chi connectivity index (χ1) is 17.8. The van der Waals surface area contributed by atoms with Crippen molar-refractivity contribution in [1.82, 2.24) is 4.90 Å². The van der Waals surface area contributed by atoms with Crippen LogP contribution in [0.3, 0.4) is 0 Å². The van der Waals surface area contributed by atoms with Gasteiger partial charge in [-0.2, -0.15) is 9.48 Å². The first-order valence-electron chi connectivity index (χ1n) is 11.4. The highest BCUT2D eigenvalue weighted by molar-refractivity contribution is 6.50. The Morgan fingerprint density at radius 1 is 0.919 bits per heavy atom. The van der Waals surface area contributed by atoms with Crippen LogP contribution < -0.4 is 10.6 Å². The fourth-order valence-electron chi connectivity index (χ4n) is 4.86. The minimum Gasteiger partial charge on any atom is -0.507 e. The van der Waals surface area contributed by atoms with Gasteiger partial charge < -0.3 is 10.2 Å². The molecule has 1 unspecified atom stereocenters. The summed E-state index contributed by atoms with van der Waals surface area (Å²) in [4.78, 5) is 43.6. The number of nitrogens with zero attached hydrogens (tertiary/aromatic N) is 3. The summed E-state index contributed by atoms with van der Waals surface area (Å²) in [6.07, 6.45) is 0. The summed E-state index contributed by atoms with van der Waals surface area (Å²) in [7, 11) is 0. The lowest BCUT2D eigenvalue weighted by molar-refractivity contribution is -0.523. The van der Waals surface area contributed by atoms with E-state index in [1.807, 2.05) is 0 Å². The Morgan fingerprint density at radius 3 is 2.11 bits per heavy atom. The number of carbonyl (C=O) groups is 3. The van der Waals surface area contributed by atoms with Gasteiger partial charge in [-0.1, -0.05) is 48.0 Å². The number of Topliss-reactive ketones (excluding diaryl/α,β-unsaturated/α-hetero) is 1. The van der Waals surface area contributed by atoms with Gasteiger partial charge in [-0.05, 0) is 48.5 Å². The molecule has 2 amide bonds. The van der Waals surface area contributed by atoms with E-state index in [-0.39, 0.29) is 18.1 Å². The molecule has 1 saturated heterocycles. The van der Waals surface area contributed by atoms with Gasteiger partial charge in [-0.25, -0.2) is 4.79 Å². The molecule has 37 heavy (non-hydrogen) atoms. The van der Waals surface area contributed by atoms with Crippen LogP contribution in [0, 0.1) is 0 Å². The van der Waals surface area contributed by atoms with Gasteiger partial charge in [0.25, 0.3) is 17.4 Å². The van der Waals surface area contributed by atoms with Crippen molar-refractivity contribution in [1.29, 1.82) is 0 Å². The maximum Gasteiger partial charge on any atom is 0.366 e. The molecule has 186 valence electrons. The van der Waals surface area contributed by atoms with Gasteiger partial charge in [-0.15, -0.1) is 0 Å². The Kier molecular flexibility index (Phi) is 6.02. The van der Waals surface area contributed by atoms with Crippen LogP contribution in [0.25, 0.3) is 5.76 Å². The van der Waals surface area contributed by atoms with Crippen molar-refractivity contribution in [2.45, 2.75) is 5.66 Å². The highest BCUT2D eigenvalue weighted by Gasteiger charge is 2.73. The summed E-state index contributed by atoms with van der Waals surface area (Å²) in [6.45, 7) is -0.913. The van der Waals surface area contributed by atoms with E-state index in [0.717, 1.165) is 4.90 Å². The van der Waals surface area contributed by atoms with Crippen LogP contribution in [-0.2, 0) is 14.4 Å². The van der Waals surface area contributed by atoms with Gasteiger partial charge in [0.1, 0.15) is 22.7 Å². The Bertz CT molecular complexity index is 1470. The summed E-state index contributed by atoms with van der Waals surface area (Å²) < 4.78 is 1.35. The molecule has 0 bridgehead atoms. The number of ketones is 1. The van der Waals surface area contributed by atoms with Crippen molar-refractivity contribution in [3.8, 4) is 0 Å². The van der Waals surface area contributed by atoms with Crippen molar-refractivity contribution >= 4 is 52.3 Å². The number of guanidine groups is 1. The number of rotatable bonds is 5. The second kappa shape index (κ2) is 9.20. The minimum absolute atomic E-state index is 0.0887. The van der Waals surface area contributed by atoms with Crippen LogP contribution in [0.2, 0.25) is 5.02 Å². The molecular formula is C27H22ClN4O5+. The maximum absolute atomic E-state index is 14.5. The van der Waals surface area contributed by atoms with Gasteiger partial charge in [0, 0.05) is 17.1 Å². The molecule has 9 nitrogen and oxygen atoms in total. The fraction of sp³-hybridized carbons (Fsp3) is 0.111. The molecule has 1 fully saturated rings. The lowest BCUT2D eigenvalue weighted by atomic mass is 9.93. The zero-order valence-corrected chi connectivity index (χ0v) is 20.2. The molecular weight excluding hydrogens is 496 g/mol. The molecule has 2 aliphatic heterocycles. The molecule has 0 aliphatic carbocycles. The molecule has 2 heterocycles. The molecule has 4 N–H and O–H groups in total. The number of carbonyl (C=O) groups excluding carboxylic acids is 3. The average Bonchev–Trinajstić information content (AvgIpc) is 3.27. The highest BCUT2D eigenvalue weighted by Crippen LogP contribution is 2.46. The Labute approximate surface area is 216 Å². The number of para-hydroxylation sites is 2. The Hall–Kier alpha value is -4.47. The van der Waals surface area contributed by atoms with E-state index in [2.05, 4.69) is 0 Å². The molecule has 1 atom stereocenters. The Morgan fingerprint density at radius 2 is 1.51 bits per heavy atom. The summed E-state index contributed by atoms with van der Waals surface area (Å²) in [5.74, 6) is -3.57. The van der Waals surface area contributed by atoms with E-state index in [1.54, 1.807) is 60.7 Å². The van der Waals surface area contributed by atoms with Crippen LogP contribution in [0.4, 0.5) is 11.4 Å². The summed E-state index contributed by atoms with van der Waals surface area (Å²) in [6, 6.07) is 23.0. The van der Waals surface area contributed by atoms with Crippen molar-refractivity contribution < 1.29 is 29.2 Å². The third-order valence-corrected chi connectivity index (χ3v) is 6.65. The SMILES string of the molecule is NC1=[N+](c2ccccc2)C2(C(=O)N1c1ccccc1)/C(=C(\O)c1ccc(Cl)cc1)C(=O)C(=O)N2CCO. The molecule has 3 aromatic carbocycles. The molecule has 0 aromatic heterocycles. The topological polar surface area (TPSA) is 127 Å². The van der Waals surface area contributed by atoms with Gasteiger partial charge >= 0.3 is 11.9 Å². The number of anilines is 1. The zero-order chi connectivity index (χ0) is 26.3. The zero-order valence-electron chi connectivity index (χ0n) is 19.4. The van der Waals surface area contributed by atoms with Crippen LogP contribution in [-0.4, -0.2) is 62.1 Å². The number of hydrogen-bond acceptors (Lipinski definition) is 6. The second-order valence-corrected chi connectivity index (χ2v) is 8.85. The van der Waals surface area contributed by atoms with Crippen molar-refractivity contribution in [3.05, 3.63) is 101 Å². The summed E-state index contributed by atoms with van der Waals surface area (Å²) >= 11 is 6.00. The molecule has 3 aromatic rings. The quantitative estimate of drug-likeness (QED) is 0.206. The maximum atomic E-state index is 14.5. The number of likely N-dealkylation sites (tertiary alicyclic amines) is 1. The van der Waals surface area contributed by atoms with E-state index in [0.29, 0.717) is 16.4 Å². The number of aliphatic hydroxyl groups excluding tert-OH is 2. The van der Waals surface area contributed by atoms with Gasteiger partial charge in [0.05, 0.1) is 6.61 Å². The van der Waals surface area contributed by atoms with Crippen molar-refractivity contribution in [2.75, 3.05) is 18.1 Å². The van der Waals surface area contributed by atoms with Crippen LogP contribution in [0.15, 0.2) is 90.5 Å². The third kappa shape index (κ3) is 3.51. The first-order valence-corrected chi connectivity index (χ1v) is 11.8. The number of amides is 2. The monoisotopic (exact) mass is 517 g/mol. The van der Waals surface area contributed by atoms with E-state index in [1.165, 1.54) is 33.7 Å². The van der Waals surface area contributed by atoms with E-state index < -0.39 is 41.2 Å². The Balaban J connectivity index is 1.90. The fourth-order valence-corrected chi connectivity index (χ4v) is 4.98. The molecule has 0 saturated carbocycles. The van der Waals surface area contributed by atoms with E-state index in [4.69, 9.17) is 17.3 Å². The van der Waals surface area contributed by atoms with Gasteiger partial charge in [-0.3, -0.25) is 20.2 Å². The highest BCUT2D eigenvalue weighted by atomic mass is 35.5. The van der Waals surface area contributed by atoms with Gasteiger partial charge in [0.2, 0.25) is 0 Å². The smallest absolute Gasteiger partial charge is 0.366 e. The normalized spacial score (nSPS) is 21.0. The molecule has 1 spiro atoms. The summed E-state index contributed by atoms with van der Waals surface area (Å²) in [5.41, 5.74) is 4.89. The van der Waals surface area contributed by atoms with Crippen molar-refractivity contribution in [3.63, 3.8) is 0 Å². The molecule has 0 radical (unpaired) electrons. The largest absolute Gasteiger partial charge is 0.507 e.